The summed E-state index contributed by atoms with van der Waals surface area (Å²) >= 11 is 5.71. The summed E-state index contributed by atoms with van der Waals surface area (Å²) in [6, 6.07) is 6.53. The van der Waals surface area contributed by atoms with Crippen molar-refractivity contribution in [1.29, 1.82) is 0 Å². The van der Waals surface area contributed by atoms with Crippen LogP contribution in [0.4, 0.5) is 5.69 Å². The zero-order valence-corrected chi connectivity index (χ0v) is 12.0. The van der Waals surface area contributed by atoms with Gasteiger partial charge in [0.1, 0.15) is 5.75 Å². The van der Waals surface area contributed by atoms with Gasteiger partial charge in [-0.25, -0.2) is 8.42 Å². The molecule has 7 nitrogen and oxygen atoms in total. The van der Waals surface area contributed by atoms with Gasteiger partial charge in [-0.3, -0.25) is 14.9 Å². The normalized spacial score (nSPS) is 11.3. The number of ketones is 1. The molecule has 1 aromatic heterocycles. The summed E-state index contributed by atoms with van der Waals surface area (Å²) in [6.07, 6.45) is 1.03. The molecule has 0 amide bonds. The number of H-pyrrole nitrogens is 1. The van der Waals surface area contributed by atoms with Crippen LogP contribution in [0.2, 0.25) is 5.02 Å². The second-order valence-corrected chi connectivity index (χ2v) is 6.59. The molecular formula is C12H9ClN2O5S. The Balaban J connectivity index is 2.23. The fraction of sp³-hybridized carbons (Fsp3) is 0.0833. The lowest BCUT2D eigenvalue weighted by atomic mass is 10.3. The van der Waals surface area contributed by atoms with Crippen LogP contribution in [0.15, 0.2) is 41.4 Å². The predicted molar refractivity (Wildman–Crippen MR) is 75.3 cm³/mol. The number of hydrogen-bond acceptors (Lipinski definition) is 5. The summed E-state index contributed by atoms with van der Waals surface area (Å²) in [7, 11) is -3.86. The maximum atomic E-state index is 12.1. The Bertz CT molecular complexity index is 813. The van der Waals surface area contributed by atoms with Crippen LogP contribution in [0, 0.1) is 10.1 Å². The van der Waals surface area contributed by atoms with Gasteiger partial charge in [0.25, 0.3) is 5.69 Å². The predicted octanol–water partition coefficient (Wildman–Crippen LogP) is 2.23. The number of rotatable bonds is 5. The topological polar surface area (TPSA) is 110 Å². The monoisotopic (exact) mass is 328 g/mol. The van der Waals surface area contributed by atoms with Crippen molar-refractivity contribution in [1.82, 2.24) is 4.98 Å². The van der Waals surface area contributed by atoms with Crippen LogP contribution in [0.3, 0.4) is 0 Å². The van der Waals surface area contributed by atoms with Gasteiger partial charge in [0.05, 0.1) is 21.7 Å². The lowest BCUT2D eigenvalue weighted by Gasteiger charge is -2.03. The molecule has 0 unspecified atom stereocenters. The molecule has 0 aliphatic rings. The fourth-order valence-corrected chi connectivity index (χ4v) is 3.16. The summed E-state index contributed by atoms with van der Waals surface area (Å²) in [5.41, 5.74) is -0.439. The van der Waals surface area contributed by atoms with E-state index in [1.54, 1.807) is 0 Å². The van der Waals surface area contributed by atoms with Crippen LogP contribution in [-0.2, 0) is 9.84 Å². The van der Waals surface area contributed by atoms with Crippen molar-refractivity contribution in [2.45, 2.75) is 4.90 Å². The average molecular weight is 329 g/mol. The Morgan fingerprint density at radius 3 is 2.62 bits per heavy atom. The minimum atomic E-state index is -3.86. The van der Waals surface area contributed by atoms with E-state index in [0.717, 1.165) is 12.3 Å². The SMILES string of the molecule is O=C(CS(=O)(=O)c1cccc(Cl)c1)c1cc([N+](=O)[O-])c[nH]1. The molecule has 1 heterocycles. The third-order valence-corrected chi connectivity index (χ3v) is 4.50. The standard InChI is InChI=1S/C12H9ClN2O5S/c13-8-2-1-3-10(4-8)21(19,20)7-12(16)11-5-9(6-14-11)15(17)18/h1-6,14H,7H2. The number of nitrogens with zero attached hydrogens (tertiary/aromatic N) is 1. The second-order valence-electron chi connectivity index (χ2n) is 4.17. The highest BCUT2D eigenvalue weighted by molar-refractivity contribution is 7.92. The third kappa shape index (κ3) is 3.47. The first-order chi connectivity index (χ1) is 9.79. The Morgan fingerprint density at radius 1 is 1.33 bits per heavy atom. The Labute approximate surface area is 124 Å². The molecule has 0 aliphatic carbocycles. The quantitative estimate of drug-likeness (QED) is 0.514. The number of benzene rings is 1. The number of carbonyl (C=O) groups is 1. The van der Waals surface area contributed by atoms with E-state index in [4.69, 9.17) is 11.6 Å². The van der Waals surface area contributed by atoms with Crippen molar-refractivity contribution in [3.63, 3.8) is 0 Å². The number of aromatic nitrogens is 1. The van der Waals surface area contributed by atoms with Gasteiger partial charge in [-0.05, 0) is 18.2 Å². The molecule has 0 saturated heterocycles. The molecule has 9 heteroatoms. The van der Waals surface area contributed by atoms with Crippen LogP contribution >= 0.6 is 11.6 Å². The van der Waals surface area contributed by atoms with E-state index in [-0.39, 0.29) is 21.3 Å². The highest BCUT2D eigenvalue weighted by atomic mass is 35.5. The van der Waals surface area contributed by atoms with Gasteiger partial charge in [0.2, 0.25) is 0 Å². The molecule has 0 fully saturated rings. The van der Waals surface area contributed by atoms with Crippen LogP contribution < -0.4 is 0 Å². The minimum Gasteiger partial charge on any atom is -0.353 e. The lowest BCUT2D eigenvalue weighted by Crippen LogP contribution is -2.16. The molecule has 0 atom stereocenters. The molecule has 21 heavy (non-hydrogen) atoms. The average Bonchev–Trinajstić information content (AvgIpc) is 2.88. The van der Waals surface area contributed by atoms with Crippen LogP contribution in [0.5, 0.6) is 0 Å². The summed E-state index contributed by atoms with van der Waals surface area (Å²) in [5, 5.41) is 10.8. The minimum absolute atomic E-state index is 0.0793. The van der Waals surface area contributed by atoms with Gasteiger partial charge < -0.3 is 4.98 Å². The Hall–Kier alpha value is -2.19. The molecule has 2 rings (SSSR count). The number of halogens is 1. The molecule has 0 radical (unpaired) electrons. The highest BCUT2D eigenvalue weighted by Crippen LogP contribution is 2.19. The number of Topliss-reactive ketones (excluding diaryl/α,β-unsaturated/α-hetero) is 1. The van der Waals surface area contributed by atoms with Gasteiger partial charge in [0, 0.05) is 11.1 Å². The van der Waals surface area contributed by atoms with Crippen LogP contribution in [-0.4, -0.2) is 29.9 Å². The van der Waals surface area contributed by atoms with Gasteiger partial charge in [-0.2, -0.15) is 0 Å². The number of nitrogens with one attached hydrogen (secondary N) is 1. The fourth-order valence-electron chi connectivity index (χ4n) is 1.64. The molecule has 0 aliphatic heterocycles. The van der Waals surface area contributed by atoms with Crippen molar-refractivity contribution in [2.24, 2.45) is 0 Å². The summed E-state index contributed by atoms with van der Waals surface area (Å²) in [5.74, 6) is -1.56. The second kappa shape index (κ2) is 5.66. The van der Waals surface area contributed by atoms with Gasteiger partial charge in [-0.1, -0.05) is 17.7 Å². The summed E-state index contributed by atoms with van der Waals surface area (Å²) in [4.78, 5) is 24.0. The number of carbonyl (C=O) groups excluding carboxylic acids is 1. The number of aromatic amines is 1. The molecule has 2 aromatic rings. The van der Waals surface area contributed by atoms with Crippen molar-refractivity contribution >= 4 is 32.9 Å². The Morgan fingerprint density at radius 2 is 2.05 bits per heavy atom. The van der Waals surface area contributed by atoms with E-state index in [1.165, 1.54) is 24.3 Å². The first-order valence-electron chi connectivity index (χ1n) is 5.64. The number of nitro groups is 1. The van der Waals surface area contributed by atoms with E-state index < -0.39 is 26.3 Å². The number of sulfone groups is 1. The largest absolute Gasteiger partial charge is 0.353 e. The third-order valence-electron chi connectivity index (χ3n) is 2.66. The first kappa shape index (κ1) is 15.2. The zero-order valence-electron chi connectivity index (χ0n) is 10.4. The molecular weight excluding hydrogens is 320 g/mol. The molecule has 0 spiro atoms. The Kier molecular flexibility index (Phi) is 4.10. The van der Waals surface area contributed by atoms with Gasteiger partial charge >= 0.3 is 0 Å². The lowest BCUT2D eigenvalue weighted by molar-refractivity contribution is -0.384. The van der Waals surface area contributed by atoms with Crippen molar-refractivity contribution in [3.05, 3.63) is 57.4 Å². The van der Waals surface area contributed by atoms with E-state index in [9.17, 15) is 23.3 Å². The van der Waals surface area contributed by atoms with E-state index in [0.29, 0.717) is 0 Å². The zero-order chi connectivity index (χ0) is 15.6. The molecule has 0 bridgehead atoms. The van der Waals surface area contributed by atoms with Crippen molar-refractivity contribution < 1.29 is 18.1 Å². The van der Waals surface area contributed by atoms with Gasteiger partial charge in [0.15, 0.2) is 15.6 Å². The van der Waals surface area contributed by atoms with E-state index in [2.05, 4.69) is 4.98 Å². The van der Waals surface area contributed by atoms with Crippen LogP contribution in [0.1, 0.15) is 10.5 Å². The molecule has 1 aromatic carbocycles. The summed E-state index contributed by atoms with van der Waals surface area (Å²) < 4.78 is 24.2. The van der Waals surface area contributed by atoms with Crippen LogP contribution in [0.25, 0.3) is 0 Å². The molecule has 110 valence electrons. The van der Waals surface area contributed by atoms with Crippen molar-refractivity contribution in [3.8, 4) is 0 Å². The van der Waals surface area contributed by atoms with E-state index >= 15 is 0 Å². The number of hydrogen-bond donors (Lipinski definition) is 1. The highest BCUT2D eigenvalue weighted by Gasteiger charge is 2.23. The maximum Gasteiger partial charge on any atom is 0.287 e. The molecule has 0 saturated carbocycles. The summed E-state index contributed by atoms with van der Waals surface area (Å²) in [6.45, 7) is 0. The van der Waals surface area contributed by atoms with Gasteiger partial charge in [-0.15, -0.1) is 0 Å². The van der Waals surface area contributed by atoms with E-state index in [1.807, 2.05) is 0 Å². The maximum absolute atomic E-state index is 12.1. The molecule has 1 N–H and O–H groups in total. The van der Waals surface area contributed by atoms with Crippen molar-refractivity contribution in [2.75, 3.05) is 5.75 Å². The first-order valence-corrected chi connectivity index (χ1v) is 7.67. The smallest absolute Gasteiger partial charge is 0.287 e.